The van der Waals surface area contributed by atoms with Crippen molar-refractivity contribution >= 4 is 11.8 Å². The summed E-state index contributed by atoms with van der Waals surface area (Å²) in [4.78, 5) is 0. The molecule has 0 radical (unpaired) electrons. The fourth-order valence-corrected chi connectivity index (χ4v) is 2.06. The smallest absolute Gasteiger partial charge is 0.0587 e. The number of rotatable bonds is 8. The summed E-state index contributed by atoms with van der Waals surface area (Å²) in [5.74, 6) is 1.18. The van der Waals surface area contributed by atoms with Crippen LogP contribution in [-0.4, -0.2) is 36.3 Å². The summed E-state index contributed by atoms with van der Waals surface area (Å²) in [6, 6.07) is 10.5. The standard InChI is InChI=1S/C13H21NOS/c1-16-9-5-8-14-13(11-15)10-12-6-3-2-4-7-12/h2-4,6-7,13-15H,5,8-11H2,1H3/t13-/m0/s1. The van der Waals surface area contributed by atoms with E-state index in [2.05, 4.69) is 23.7 Å². The third kappa shape index (κ3) is 5.54. The molecule has 0 spiro atoms. The number of aliphatic hydroxyl groups is 1. The monoisotopic (exact) mass is 239 g/mol. The SMILES string of the molecule is CSCCCN[C@H](CO)Cc1ccccc1. The first-order valence-corrected chi connectivity index (χ1v) is 7.13. The third-order valence-electron chi connectivity index (χ3n) is 2.50. The van der Waals surface area contributed by atoms with Crippen molar-refractivity contribution in [2.75, 3.05) is 25.2 Å². The number of aliphatic hydroxyl groups excluding tert-OH is 1. The van der Waals surface area contributed by atoms with Crippen LogP contribution in [0.2, 0.25) is 0 Å². The second-order valence-electron chi connectivity index (χ2n) is 3.87. The zero-order valence-electron chi connectivity index (χ0n) is 9.86. The van der Waals surface area contributed by atoms with Crippen LogP contribution in [0.25, 0.3) is 0 Å². The molecule has 1 atom stereocenters. The lowest BCUT2D eigenvalue weighted by atomic mass is 10.1. The van der Waals surface area contributed by atoms with E-state index in [0.29, 0.717) is 0 Å². The Bertz CT molecular complexity index is 266. The van der Waals surface area contributed by atoms with Gasteiger partial charge in [0.2, 0.25) is 0 Å². The molecule has 0 aromatic heterocycles. The topological polar surface area (TPSA) is 32.3 Å². The number of thioether (sulfide) groups is 1. The molecule has 0 amide bonds. The van der Waals surface area contributed by atoms with Crippen LogP contribution in [0.15, 0.2) is 30.3 Å². The van der Waals surface area contributed by atoms with Crippen LogP contribution < -0.4 is 5.32 Å². The summed E-state index contributed by atoms with van der Waals surface area (Å²) < 4.78 is 0. The van der Waals surface area contributed by atoms with Crippen LogP contribution in [0.4, 0.5) is 0 Å². The number of benzene rings is 1. The van der Waals surface area contributed by atoms with Crippen molar-refractivity contribution < 1.29 is 5.11 Å². The molecular formula is C13H21NOS. The van der Waals surface area contributed by atoms with E-state index in [9.17, 15) is 5.11 Å². The molecule has 0 aliphatic rings. The van der Waals surface area contributed by atoms with E-state index in [-0.39, 0.29) is 12.6 Å². The molecule has 3 heteroatoms. The molecule has 0 saturated carbocycles. The quantitative estimate of drug-likeness (QED) is 0.680. The minimum absolute atomic E-state index is 0.184. The predicted octanol–water partition coefficient (Wildman–Crippen LogP) is 1.93. The van der Waals surface area contributed by atoms with E-state index in [0.717, 1.165) is 19.4 Å². The highest BCUT2D eigenvalue weighted by Gasteiger charge is 2.06. The summed E-state index contributed by atoms with van der Waals surface area (Å²) in [6.45, 7) is 1.19. The first-order chi connectivity index (χ1) is 7.86. The molecule has 0 fully saturated rings. The highest BCUT2D eigenvalue weighted by molar-refractivity contribution is 7.98. The largest absolute Gasteiger partial charge is 0.395 e. The first-order valence-electron chi connectivity index (χ1n) is 5.74. The highest BCUT2D eigenvalue weighted by Crippen LogP contribution is 2.03. The number of hydrogen-bond donors (Lipinski definition) is 2. The Hall–Kier alpha value is -0.510. The Morgan fingerprint density at radius 1 is 1.31 bits per heavy atom. The number of hydrogen-bond acceptors (Lipinski definition) is 3. The van der Waals surface area contributed by atoms with Crippen molar-refractivity contribution in [2.24, 2.45) is 0 Å². The third-order valence-corrected chi connectivity index (χ3v) is 3.20. The van der Waals surface area contributed by atoms with Gasteiger partial charge in [-0.3, -0.25) is 0 Å². The fourth-order valence-electron chi connectivity index (χ4n) is 1.62. The average molecular weight is 239 g/mol. The van der Waals surface area contributed by atoms with Crippen molar-refractivity contribution in [1.29, 1.82) is 0 Å². The van der Waals surface area contributed by atoms with Gasteiger partial charge < -0.3 is 10.4 Å². The van der Waals surface area contributed by atoms with Crippen LogP contribution in [0.1, 0.15) is 12.0 Å². The highest BCUT2D eigenvalue weighted by atomic mass is 32.2. The Morgan fingerprint density at radius 3 is 2.69 bits per heavy atom. The normalized spacial score (nSPS) is 12.6. The van der Waals surface area contributed by atoms with E-state index in [1.165, 1.54) is 11.3 Å². The predicted molar refractivity (Wildman–Crippen MR) is 72.0 cm³/mol. The molecule has 2 N–H and O–H groups in total. The minimum Gasteiger partial charge on any atom is -0.395 e. The maximum absolute atomic E-state index is 9.28. The van der Waals surface area contributed by atoms with Gasteiger partial charge in [0.25, 0.3) is 0 Å². The lowest BCUT2D eigenvalue weighted by molar-refractivity contribution is 0.242. The van der Waals surface area contributed by atoms with Crippen molar-refractivity contribution in [1.82, 2.24) is 5.32 Å². The van der Waals surface area contributed by atoms with E-state index >= 15 is 0 Å². The zero-order valence-corrected chi connectivity index (χ0v) is 10.7. The van der Waals surface area contributed by atoms with Gasteiger partial charge in [-0.2, -0.15) is 11.8 Å². The molecule has 0 aliphatic carbocycles. The van der Waals surface area contributed by atoms with Gasteiger partial charge >= 0.3 is 0 Å². The summed E-state index contributed by atoms with van der Waals surface area (Å²) >= 11 is 1.86. The van der Waals surface area contributed by atoms with E-state index in [1.54, 1.807) is 0 Å². The Balaban J connectivity index is 2.26. The van der Waals surface area contributed by atoms with Gasteiger partial charge in [0.05, 0.1) is 6.61 Å². The molecule has 0 saturated heterocycles. The first kappa shape index (κ1) is 13.6. The summed E-state index contributed by atoms with van der Waals surface area (Å²) in [7, 11) is 0. The maximum atomic E-state index is 9.28. The Labute approximate surface area is 102 Å². The maximum Gasteiger partial charge on any atom is 0.0587 e. The molecular weight excluding hydrogens is 218 g/mol. The average Bonchev–Trinajstić information content (AvgIpc) is 2.34. The van der Waals surface area contributed by atoms with Crippen LogP contribution in [0.3, 0.4) is 0 Å². The van der Waals surface area contributed by atoms with Crippen molar-refractivity contribution in [3.63, 3.8) is 0 Å². The Morgan fingerprint density at radius 2 is 2.06 bits per heavy atom. The molecule has 1 aromatic rings. The lowest BCUT2D eigenvalue weighted by Crippen LogP contribution is -2.35. The van der Waals surface area contributed by atoms with Gasteiger partial charge in [-0.25, -0.2) is 0 Å². The van der Waals surface area contributed by atoms with E-state index in [1.807, 2.05) is 30.0 Å². The molecule has 16 heavy (non-hydrogen) atoms. The van der Waals surface area contributed by atoms with Crippen molar-refractivity contribution in [2.45, 2.75) is 18.9 Å². The molecule has 0 aliphatic heterocycles. The number of nitrogens with one attached hydrogen (secondary N) is 1. The van der Waals surface area contributed by atoms with Gasteiger partial charge in [0.1, 0.15) is 0 Å². The lowest BCUT2D eigenvalue weighted by Gasteiger charge is -2.16. The fraction of sp³-hybridized carbons (Fsp3) is 0.538. The molecule has 90 valence electrons. The van der Waals surface area contributed by atoms with Crippen molar-refractivity contribution in [3.05, 3.63) is 35.9 Å². The van der Waals surface area contributed by atoms with Crippen LogP contribution in [0.5, 0.6) is 0 Å². The van der Waals surface area contributed by atoms with Gasteiger partial charge in [-0.1, -0.05) is 30.3 Å². The molecule has 0 heterocycles. The Kier molecular flexibility index (Phi) is 7.30. The second-order valence-corrected chi connectivity index (χ2v) is 4.86. The van der Waals surface area contributed by atoms with E-state index < -0.39 is 0 Å². The summed E-state index contributed by atoms with van der Waals surface area (Å²) in [6.07, 6.45) is 4.18. The van der Waals surface area contributed by atoms with Crippen molar-refractivity contribution in [3.8, 4) is 0 Å². The van der Waals surface area contributed by atoms with Gasteiger partial charge in [0.15, 0.2) is 0 Å². The molecule has 0 unspecified atom stereocenters. The molecule has 0 bridgehead atoms. The summed E-state index contributed by atoms with van der Waals surface area (Å²) in [5.41, 5.74) is 1.28. The van der Waals surface area contributed by atoms with Gasteiger partial charge in [-0.15, -0.1) is 0 Å². The molecule has 1 rings (SSSR count). The minimum atomic E-state index is 0.184. The van der Waals surface area contributed by atoms with Crippen LogP contribution in [0, 0.1) is 0 Å². The van der Waals surface area contributed by atoms with Gasteiger partial charge in [0, 0.05) is 6.04 Å². The second kappa shape index (κ2) is 8.62. The van der Waals surface area contributed by atoms with Crippen LogP contribution >= 0.6 is 11.8 Å². The zero-order chi connectivity index (χ0) is 11.6. The van der Waals surface area contributed by atoms with Gasteiger partial charge in [-0.05, 0) is 37.0 Å². The molecule has 2 nitrogen and oxygen atoms in total. The van der Waals surface area contributed by atoms with E-state index in [4.69, 9.17) is 0 Å². The molecule has 1 aromatic carbocycles. The summed E-state index contributed by atoms with van der Waals surface area (Å²) in [5, 5.41) is 12.7. The van der Waals surface area contributed by atoms with Crippen LogP contribution in [-0.2, 0) is 6.42 Å².